The second kappa shape index (κ2) is 7.57. The third-order valence-corrected chi connectivity index (χ3v) is 6.34. The Bertz CT molecular complexity index is 778. The Morgan fingerprint density at radius 1 is 1.36 bits per heavy atom. The molecule has 150 valence electrons. The molecule has 2 heterocycles. The molecule has 0 N–H and O–H groups in total. The van der Waals surface area contributed by atoms with Crippen LogP contribution in [0.1, 0.15) is 57.0 Å². The first kappa shape index (κ1) is 19.0. The van der Waals surface area contributed by atoms with E-state index < -0.39 is 0 Å². The molecule has 2 unspecified atom stereocenters. The van der Waals surface area contributed by atoms with Gasteiger partial charge in [0.15, 0.2) is 0 Å². The van der Waals surface area contributed by atoms with Crippen molar-refractivity contribution in [1.29, 1.82) is 5.26 Å². The summed E-state index contributed by atoms with van der Waals surface area (Å²) < 4.78 is 11.3. The molecule has 0 aromatic carbocycles. The molecular formula is C21H28N4O3. The maximum atomic E-state index is 12.2. The Hall–Kier alpha value is -2.36. The maximum Gasteiger partial charge on any atom is 0.410 e. The second-order valence-electron chi connectivity index (χ2n) is 8.69. The number of hydrogen-bond acceptors (Lipinski definition) is 6. The van der Waals surface area contributed by atoms with Crippen molar-refractivity contribution in [3.63, 3.8) is 0 Å². The molecule has 4 rings (SSSR count). The molecule has 7 nitrogen and oxygen atoms in total. The lowest BCUT2D eigenvalue weighted by molar-refractivity contribution is 0.0473. The minimum atomic E-state index is -0.189. The number of rotatable bonds is 6. The Balaban J connectivity index is 1.16. The minimum absolute atomic E-state index is 0.129. The van der Waals surface area contributed by atoms with Gasteiger partial charge in [0.25, 0.3) is 0 Å². The molecule has 28 heavy (non-hydrogen) atoms. The number of carbonyl (C=O) groups is 1. The van der Waals surface area contributed by atoms with Gasteiger partial charge in [-0.15, -0.1) is 0 Å². The summed E-state index contributed by atoms with van der Waals surface area (Å²) in [5.74, 6) is 3.20. The number of amides is 1. The van der Waals surface area contributed by atoms with Crippen LogP contribution < -0.4 is 4.74 Å². The average Bonchev–Trinajstić information content (AvgIpc) is 3.59. The number of piperidine rings is 1. The summed E-state index contributed by atoms with van der Waals surface area (Å²) in [6.45, 7) is 6.02. The highest BCUT2D eigenvalue weighted by atomic mass is 16.6. The molecule has 3 fully saturated rings. The summed E-state index contributed by atoms with van der Waals surface area (Å²) in [6, 6.07) is 3.62. The van der Waals surface area contributed by atoms with Gasteiger partial charge in [-0.1, -0.05) is 0 Å². The van der Waals surface area contributed by atoms with Crippen molar-refractivity contribution in [3.8, 4) is 11.9 Å². The van der Waals surface area contributed by atoms with E-state index in [0.29, 0.717) is 35.8 Å². The summed E-state index contributed by atoms with van der Waals surface area (Å²) in [6.07, 6.45) is 6.27. The van der Waals surface area contributed by atoms with Gasteiger partial charge in [-0.3, -0.25) is 0 Å². The molecule has 1 aromatic rings. The smallest absolute Gasteiger partial charge is 0.410 e. The Kier molecular flexibility index (Phi) is 5.13. The van der Waals surface area contributed by atoms with Crippen molar-refractivity contribution in [2.45, 2.75) is 58.0 Å². The first-order valence-electron chi connectivity index (χ1n) is 10.3. The van der Waals surface area contributed by atoms with Crippen molar-refractivity contribution in [3.05, 3.63) is 17.6 Å². The van der Waals surface area contributed by atoms with E-state index in [2.05, 4.69) is 9.97 Å². The van der Waals surface area contributed by atoms with Gasteiger partial charge < -0.3 is 14.4 Å². The van der Waals surface area contributed by atoms with Gasteiger partial charge in [0.05, 0.1) is 6.61 Å². The fourth-order valence-electron chi connectivity index (χ4n) is 4.23. The zero-order valence-electron chi connectivity index (χ0n) is 16.7. The van der Waals surface area contributed by atoms with Crippen molar-refractivity contribution in [2.24, 2.45) is 17.8 Å². The lowest BCUT2D eigenvalue weighted by Gasteiger charge is -2.32. The highest BCUT2D eigenvalue weighted by Crippen LogP contribution is 2.50. The number of hydrogen-bond donors (Lipinski definition) is 0. The van der Waals surface area contributed by atoms with Crippen LogP contribution in [0.5, 0.6) is 5.88 Å². The first-order valence-corrected chi connectivity index (χ1v) is 10.3. The van der Waals surface area contributed by atoms with Crippen molar-refractivity contribution in [2.75, 3.05) is 19.7 Å². The predicted molar refractivity (Wildman–Crippen MR) is 102 cm³/mol. The Morgan fingerprint density at radius 2 is 2.11 bits per heavy atom. The van der Waals surface area contributed by atoms with E-state index in [9.17, 15) is 4.79 Å². The summed E-state index contributed by atoms with van der Waals surface area (Å²) >= 11 is 0. The lowest BCUT2D eigenvalue weighted by atomic mass is 9.91. The quantitative estimate of drug-likeness (QED) is 0.746. The van der Waals surface area contributed by atoms with Gasteiger partial charge in [0.2, 0.25) is 5.88 Å². The molecule has 2 aliphatic carbocycles. The minimum Gasteiger partial charge on any atom is -0.478 e. The van der Waals surface area contributed by atoms with Crippen LogP contribution in [0.3, 0.4) is 0 Å². The summed E-state index contributed by atoms with van der Waals surface area (Å²) in [4.78, 5) is 22.4. The SMILES string of the molecule is Cc1nc(C#N)cc(OCCC2CC2C2CCN(C(=O)OC3(C)CC3)CC2)n1. The van der Waals surface area contributed by atoms with Gasteiger partial charge >= 0.3 is 6.09 Å². The molecule has 1 aromatic heterocycles. The van der Waals surface area contributed by atoms with Crippen molar-refractivity contribution in [1.82, 2.24) is 14.9 Å². The van der Waals surface area contributed by atoms with E-state index in [-0.39, 0.29) is 11.7 Å². The van der Waals surface area contributed by atoms with Crippen LogP contribution in [-0.2, 0) is 4.74 Å². The number of carbonyl (C=O) groups excluding carboxylic acids is 1. The van der Waals surface area contributed by atoms with Crippen molar-refractivity contribution < 1.29 is 14.3 Å². The molecule has 0 spiro atoms. The monoisotopic (exact) mass is 384 g/mol. The van der Waals surface area contributed by atoms with E-state index in [1.54, 1.807) is 13.0 Å². The molecule has 3 aliphatic rings. The summed E-state index contributed by atoms with van der Waals surface area (Å²) in [7, 11) is 0. The van der Waals surface area contributed by atoms with E-state index in [0.717, 1.165) is 51.1 Å². The van der Waals surface area contributed by atoms with Crippen LogP contribution in [0.25, 0.3) is 0 Å². The van der Waals surface area contributed by atoms with E-state index in [1.807, 2.05) is 17.9 Å². The van der Waals surface area contributed by atoms with Crippen LogP contribution >= 0.6 is 0 Å². The molecular weight excluding hydrogens is 356 g/mol. The van der Waals surface area contributed by atoms with Gasteiger partial charge in [-0.05, 0) is 70.1 Å². The van der Waals surface area contributed by atoms with E-state index in [1.165, 1.54) is 6.42 Å². The number of likely N-dealkylation sites (tertiary alicyclic amines) is 1. The number of aryl methyl sites for hydroxylation is 1. The Labute approximate surface area is 166 Å². The standard InChI is InChI=1S/C21H28N4O3/c1-14-23-17(13-22)12-19(24-14)27-10-5-16-11-18(16)15-3-8-25(9-4-15)20(26)28-21(2)6-7-21/h12,15-16,18H,3-11H2,1-2H3. The van der Waals surface area contributed by atoms with Crippen LogP contribution in [0, 0.1) is 36.0 Å². The highest BCUT2D eigenvalue weighted by Gasteiger charge is 2.45. The van der Waals surface area contributed by atoms with Crippen LogP contribution in [0.15, 0.2) is 6.07 Å². The highest BCUT2D eigenvalue weighted by molar-refractivity contribution is 5.68. The fraction of sp³-hybridized carbons (Fsp3) is 0.714. The largest absolute Gasteiger partial charge is 0.478 e. The number of aromatic nitrogens is 2. The molecule has 0 radical (unpaired) electrons. The molecule has 2 atom stereocenters. The number of nitrogens with zero attached hydrogens (tertiary/aromatic N) is 4. The van der Waals surface area contributed by atoms with Crippen molar-refractivity contribution >= 4 is 6.09 Å². The molecule has 7 heteroatoms. The fourth-order valence-corrected chi connectivity index (χ4v) is 4.23. The lowest BCUT2D eigenvalue weighted by Crippen LogP contribution is -2.40. The number of nitriles is 1. The van der Waals surface area contributed by atoms with Crippen LogP contribution in [0.4, 0.5) is 4.79 Å². The van der Waals surface area contributed by atoms with Gasteiger partial charge in [0.1, 0.15) is 23.2 Å². The van der Waals surface area contributed by atoms with Crippen LogP contribution in [0.2, 0.25) is 0 Å². The third kappa shape index (κ3) is 4.54. The van der Waals surface area contributed by atoms with Crippen LogP contribution in [-0.4, -0.2) is 46.3 Å². The van der Waals surface area contributed by atoms with Gasteiger partial charge in [-0.2, -0.15) is 10.2 Å². The topological polar surface area (TPSA) is 88.3 Å². The summed E-state index contributed by atoms with van der Waals surface area (Å²) in [5.41, 5.74) is 0.152. The maximum absolute atomic E-state index is 12.2. The molecule has 2 saturated carbocycles. The van der Waals surface area contributed by atoms with E-state index in [4.69, 9.17) is 14.7 Å². The van der Waals surface area contributed by atoms with Gasteiger partial charge in [0, 0.05) is 19.2 Å². The third-order valence-electron chi connectivity index (χ3n) is 6.34. The number of ether oxygens (including phenoxy) is 2. The zero-order valence-corrected chi connectivity index (χ0v) is 16.7. The second-order valence-corrected chi connectivity index (χ2v) is 8.69. The predicted octanol–water partition coefficient (Wildman–Crippen LogP) is 3.46. The zero-order chi connectivity index (χ0) is 19.7. The van der Waals surface area contributed by atoms with Gasteiger partial charge in [-0.25, -0.2) is 9.78 Å². The first-order chi connectivity index (χ1) is 13.5. The summed E-state index contributed by atoms with van der Waals surface area (Å²) in [5, 5.41) is 8.97. The Morgan fingerprint density at radius 3 is 2.79 bits per heavy atom. The average molecular weight is 384 g/mol. The molecule has 0 bridgehead atoms. The normalized spacial score (nSPS) is 25.7. The van der Waals surface area contributed by atoms with E-state index >= 15 is 0 Å². The molecule has 1 aliphatic heterocycles. The molecule has 1 saturated heterocycles. The molecule has 1 amide bonds.